The Labute approximate surface area is 135 Å². The van der Waals surface area contributed by atoms with E-state index in [-0.39, 0.29) is 12.0 Å². The van der Waals surface area contributed by atoms with Crippen LogP contribution in [0.2, 0.25) is 0 Å². The van der Waals surface area contributed by atoms with Crippen LogP contribution in [0.3, 0.4) is 0 Å². The highest BCUT2D eigenvalue weighted by Gasteiger charge is 2.37. The Kier molecular flexibility index (Phi) is 5.44. The molecule has 116 valence electrons. The second-order valence-electron chi connectivity index (χ2n) is 6.30. The molecule has 3 nitrogen and oxygen atoms in total. The molecule has 0 saturated heterocycles. The standard InChI is InChI=1S/C17H24BrNO2/c1-13-10-14(6-7-15(13)18)12-19(2)17(11-16(20)21)8-4-3-5-9-17/h6-7,10H,3-5,8-9,11-12H2,1-2H3,(H,20,21). The minimum absolute atomic E-state index is 0.176. The van der Waals surface area contributed by atoms with Crippen LogP contribution in [0.5, 0.6) is 0 Å². The van der Waals surface area contributed by atoms with Crippen LogP contribution in [0.1, 0.15) is 49.7 Å². The van der Waals surface area contributed by atoms with Crippen molar-refractivity contribution in [2.24, 2.45) is 0 Å². The zero-order valence-corrected chi connectivity index (χ0v) is 14.4. The maximum Gasteiger partial charge on any atom is 0.305 e. The lowest BCUT2D eigenvalue weighted by atomic mass is 9.78. The van der Waals surface area contributed by atoms with Gasteiger partial charge in [-0.05, 0) is 44.0 Å². The smallest absolute Gasteiger partial charge is 0.305 e. The molecular weight excluding hydrogens is 330 g/mol. The SMILES string of the molecule is Cc1cc(CN(C)C2(CC(=O)O)CCCCC2)ccc1Br. The first-order valence-electron chi connectivity index (χ1n) is 7.61. The third-order valence-electron chi connectivity index (χ3n) is 4.72. The molecule has 0 amide bonds. The van der Waals surface area contributed by atoms with E-state index in [0.717, 1.165) is 36.7 Å². The van der Waals surface area contributed by atoms with Crippen molar-refractivity contribution < 1.29 is 9.90 Å². The topological polar surface area (TPSA) is 40.5 Å². The zero-order valence-electron chi connectivity index (χ0n) is 12.9. The Balaban J connectivity index is 2.15. The van der Waals surface area contributed by atoms with E-state index >= 15 is 0 Å². The van der Waals surface area contributed by atoms with E-state index in [1.165, 1.54) is 17.5 Å². The van der Waals surface area contributed by atoms with Crippen molar-refractivity contribution >= 4 is 21.9 Å². The van der Waals surface area contributed by atoms with Gasteiger partial charge in [0.05, 0.1) is 6.42 Å². The molecule has 2 rings (SSSR count). The predicted octanol–water partition coefficient (Wildman–Crippen LogP) is 4.37. The molecule has 0 atom stereocenters. The van der Waals surface area contributed by atoms with Crippen molar-refractivity contribution in [3.63, 3.8) is 0 Å². The number of aliphatic carboxylic acids is 1. The van der Waals surface area contributed by atoms with E-state index in [4.69, 9.17) is 0 Å². The Bertz CT molecular complexity index is 510. The Morgan fingerprint density at radius 3 is 2.57 bits per heavy atom. The number of nitrogens with zero attached hydrogens (tertiary/aromatic N) is 1. The number of hydrogen-bond acceptors (Lipinski definition) is 2. The van der Waals surface area contributed by atoms with Crippen molar-refractivity contribution in [3.05, 3.63) is 33.8 Å². The van der Waals surface area contributed by atoms with Gasteiger partial charge < -0.3 is 5.11 Å². The van der Waals surface area contributed by atoms with Gasteiger partial charge in [-0.1, -0.05) is 47.3 Å². The number of benzene rings is 1. The molecule has 1 aromatic rings. The van der Waals surface area contributed by atoms with Crippen molar-refractivity contribution in [3.8, 4) is 0 Å². The van der Waals surface area contributed by atoms with Gasteiger partial charge >= 0.3 is 5.97 Å². The number of rotatable bonds is 5. The summed E-state index contributed by atoms with van der Waals surface area (Å²) in [6.45, 7) is 2.89. The lowest BCUT2D eigenvalue weighted by Crippen LogP contribution is -2.49. The summed E-state index contributed by atoms with van der Waals surface area (Å²) in [5, 5.41) is 9.29. The number of carboxylic acids is 1. The maximum atomic E-state index is 11.3. The fourth-order valence-corrected chi connectivity index (χ4v) is 3.68. The molecule has 0 unspecified atom stereocenters. The van der Waals surface area contributed by atoms with Crippen LogP contribution in [-0.2, 0) is 11.3 Å². The molecule has 1 fully saturated rings. The first kappa shape index (κ1) is 16.5. The molecule has 0 aromatic heterocycles. The Hall–Kier alpha value is -0.870. The van der Waals surface area contributed by atoms with Crippen LogP contribution >= 0.6 is 15.9 Å². The highest BCUT2D eigenvalue weighted by atomic mass is 79.9. The molecule has 21 heavy (non-hydrogen) atoms. The summed E-state index contributed by atoms with van der Waals surface area (Å²) < 4.78 is 1.12. The number of hydrogen-bond donors (Lipinski definition) is 1. The van der Waals surface area contributed by atoms with Gasteiger partial charge in [-0.2, -0.15) is 0 Å². The highest BCUT2D eigenvalue weighted by molar-refractivity contribution is 9.10. The fourth-order valence-electron chi connectivity index (χ4n) is 3.43. The van der Waals surface area contributed by atoms with Gasteiger partial charge in [0, 0.05) is 16.6 Å². The van der Waals surface area contributed by atoms with Crippen LogP contribution in [0, 0.1) is 6.92 Å². The van der Waals surface area contributed by atoms with Crippen molar-refractivity contribution in [2.45, 2.75) is 57.5 Å². The average Bonchev–Trinajstić information content (AvgIpc) is 2.43. The van der Waals surface area contributed by atoms with Gasteiger partial charge in [0.25, 0.3) is 0 Å². The normalized spacial score (nSPS) is 17.9. The molecule has 1 saturated carbocycles. The summed E-state index contributed by atoms with van der Waals surface area (Å²) in [5.74, 6) is -0.685. The van der Waals surface area contributed by atoms with Gasteiger partial charge in [0.2, 0.25) is 0 Å². The Morgan fingerprint density at radius 1 is 1.33 bits per heavy atom. The van der Waals surface area contributed by atoms with E-state index < -0.39 is 5.97 Å². The molecule has 0 spiro atoms. The fraction of sp³-hybridized carbons (Fsp3) is 0.588. The van der Waals surface area contributed by atoms with Crippen LogP contribution in [0.4, 0.5) is 0 Å². The van der Waals surface area contributed by atoms with Gasteiger partial charge in [-0.25, -0.2) is 0 Å². The van der Waals surface area contributed by atoms with Gasteiger partial charge in [-0.3, -0.25) is 9.69 Å². The number of carbonyl (C=O) groups is 1. The summed E-state index contributed by atoms with van der Waals surface area (Å²) in [4.78, 5) is 13.6. The second kappa shape index (κ2) is 6.93. The molecular formula is C17H24BrNO2. The lowest BCUT2D eigenvalue weighted by molar-refractivity contribution is -0.141. The van der Waals surface area contributed by atoms with Gasteiger partial charge in [0.1, 0.15) is 0 Å². The van der Waals surface area contributed by atoms with Crippen LogP contribution in [0.15, 0.2) is 22.7 Å². The minimum Gasteiger partial charge on any atom is -0.481 e. The molecule has 0 bridgehead atoms. The zero-order chi connectivity index (χ0) is 15.5. The number of halogens is 1. The van der Waals surface area contributed by atoms with E-state index in [1.54, 1.807) is 0 Å². The minimum atomic E-state index is -0.685. The summed E-state index contributed by atoms with van der Waals surface area (Å²) in [6.07, 6.45) is 5.73. The molecule has 1 aliphatic rings. The second-order valence-corrected chi connectivity index (χ2v) is 7.15. The molecule has 1 N–H and O–H groups in total. The van der Waals surface area contributed by atoms with Crippen LogP contribution in [-0.4, -0.2) is 28.6 Å². The third kappa shape index (κ3) is 4.07. The first-order valence-corrected chi connectivity index (χ1v) is 8.40. The van der Waals surface area contributed by atoms with E-state index in [2.05, 4.69) is 53.0 Å². The highest BCUT2D eigenvalue weighted by Crippen LogP contribution is 2.36. The lowest BCUT2D eigenvalue weighted by Gasteiger charge is -2.44. The predicted molar refractivity (Wildman–Crippen MR) is 88.4 cm³/mol. The van der Waals surface area contributed by atoms with Crippen LogP contribution < -0.4 is 0 Å². The summed E-state index contributed by atoms with van der Waals surface area (Å²) in [7, 11) is 2.08. The monoisotopic (exact) mass is 353 g/mol. The quantitative estimate of drug-likeness (QED) is 0.854. The van der Waals surface area contributed by atoms with E-state index in [1.807, 2.05) is 0 Å². The third-order valence-corrected chi connectivity index (χ3v) is 5.61. The molecule has 0 aliphatic heterocycles. The number of carboxylic acid groups (broad SMARTS) is 1. The maximum absolute atomic E-state index is 11.3. The van der Waals surface area contributed by atoms with Crippen LogP contribution in [0.25, 0.3) is 0 Å². The summed E-state index contributed by atoms with van der Waals surface area (Å²) >= 11 is 3.52. The number of aryl methyl sites for hydroxylation is 1. The van der Waals surface area contributed by atoms with Crippen molar-refractivity contribution in [2.75, 3.05) is 7.05 Å². The van der Waals surface area contributed by atoms with E-state index in [0.29, 0.717) is 0 Å². The molecule has 1 aromatic carbocycles. The summed E-state index contributed by atoms with van der Waals surface area (Å²) in [6, 6.07) is 6.37. The average molecular weight is 354 g/mol. The summed E-state index contributed by atoms with van der Waals surface area (Å²) in [5.41, 5.74) is 2.29. The molecule has 0 heterocycles. The largest absolute Gasteiger partial charge is 0.481 e. The molecule has 4 heteroatoms. The van der Waals surface area contributed by atoms with Crippen molar-refractivity contribution in [1.29, 1.82) is 0 Å². The molecule has 1 aliphatic carbocycles. The van der Waals surface area contributed by atoms with Crippen molar-refractivity contribution in [1.82, 2.24) is 4.90 Å². The molecule has 0 radical (unpaired) electrons. The Morgan fingerprint density at radius 2 is 2.00 bits per heavy atom. The van der Waals surface area contributed by atoms with Gasteiger partial charge in [0.15, 0.2) is 0 Å². The van der Waals surface area contributed by atoms with E-state index in [9.17, 15) is 9.90 Å². The first-order chi connectivity index (χ1) is 9.93. The van der Waals surface area contributed by atoms with Gasteiger partial charge in [-0.15, -0.1) is 0 Å².